The number of benzene rings is 2. The Morgan fingerprint density at radius 1 is 1.13 bits per heavy atom. The summed E-state index contributed by atoms with van der Waals surface area (Å²) in [6, 6.07) is 16.1. The number of hydrogen-bond acceptors (Lipinski definition) is 4. The number of rotatable bonds is 6. The van der Waals surface area contributed by atoms with Crippen molar-refractivity contribution in [2.24, 2.45) is 0 Å². The van der Waals surface area contributed by atoms with Gasteiger partial charge in [-0.1, -0.05) is 46.3 Å². The molecule has 0 aliphatic heterocycles. The van der Waals surface area contributed by atoms with Gasteiger partial charge in [0.25, 0.3) is 16.0 Å². The minimum Gasteiger partial charge on any atom is -0.324 e. The van der Waals surface area contributed by atoms with Crippen LogP contribution in [0.3, 0.4) is 0 Å². The average Bonchev–Trinajstić information content (AvgIpc) is 2.48. The van der Waals surface area contributed by atoms with Crippen molar-refractivity contribution in [1.82, 2.24) is 0 Å². The van der Waals surface area contributed by atoms with Crippen LogP contribution < -0.4 is 5.32 Å². The SMILES string of the molecule is CS(=O)(=O)OC(Cc1ccccc1)C(=O)Nc1ccc(Br)cc1. The summed E-state index contributed by atoms with van der Waals surface area (Å²) >= 11 is 3.31. The Morgan fingerprint density at radius 2 is 1.74 bits per heavy atom. The lowest BCUT2D eigenvalue weighted by atomic mass is 10.1. The van der Waals surface area contributed by atoms with Crippen LogP contribution in [0.1, 0.15) is 5.56 Å². The Morgan fingerprint density at radius 3 is 2.30 bits per heavy atom. The van der Waals surface area contributed by atoms with Gasteiger partial charge in [-0.3, -0.25) is 8.98 Å². The lowest BCUT2D eigenvalue weighted by molar-refractivity contribution is -0.122. The normalized spacial score (nSPS) is 12.6. The smallest absolute Gasteiger partial charge is 0.265 e. The number of nitrogens with one attached hydrogen (secondary N) is 1. The Hall–Kier alpha value is -1.70. The molecule has 0 aromatic heterocycles. The first-order chi connectivity index (χ1) is 10.8. The molecule has 0 saturated carbocycles. The van der Waals surface area contributed by atoms with Crippen molar-refractivity contribution in [3.63, 3.8) is 0 Å². The molecule has 0 heterocycles. The Balaban J connectivity index is 2.15. The molecule has 1 atom stereocenters. The molecular weight excluding hydrogens is 382 g/mol. The van der Waals surface area contributed by atoms with Gasteiger partial charge in [-0.15, -0.1) is 0 Å². The highest BCUT2D eigenvalue weighted by molar-refractivity contribution is 9.10. The number of halogens is 1. The zero-order chi connectivity index (χ0) is 16.9. The van der Waals surface area contributed by atoms with E-state index in [1.807, 2.05) is 30.3 Å². The maximum atomic E-state index is 12.4. The minimum absolute atomic E-state index is 0.163. The molecule has 7 heteroatoms. The average molecular weight is 398 g/mol. The van der Waals surface area contributed by atoms with E-state index in [9.17, 15) is 13.2 Å². The van der Waals surface area contributed by atoms with Crippen LogP contribution in [-0.2, 0) is 25.5 Å². The van der Waals surface area contributed by atoms with Gasteiger partial charge in [0.1, 0.15) is 0 Å². The molecular formula is C16H16BrNO4S. The lowest BCUT2D eigenvalue weighted by Gasteiger charge is -2.16. The molecule has 5 nitrogen and oxygen atoms in total. The van der Waals surface area contributed by atoms with Crippen molar-refractivity contribution >= 4 is 37.6 Å². The highest BCUT2D eigenvalue weighted by Crippen LogP contribution is 2.16. The second kappa shape index (κ2) is 7.72. The van der Waals surface area contributed by atoms with Crippen LogP contribution in [0.5, 0.6) is 0 Å². The summed E-state index contributed by atoms with van der Waals surface area (Å²) in [5.41, 5.74) is 1.38. The van der Waals surface area contributed by atoms with E-state index in [0.29, 0.717) is 5.69 Å². The Bertz CT molecular complexity index is 760. The molecule has 2 rings (SSSR count). The van der Waals surface area contributed by atoms with Gasteiger partial charge in [0, 0.05) is 16.6 Å². The van der Waals surface area contributed by atoms with E-state index < -0.39 is 22.1 Å². The van der Waals surface area contributed by atoms with Gasteiger partial charge in [0.15, 0.2) is 6.10 Å². The first kappa shape index (κ1) is 17.7. The lowest BCUT2D eigenvalue weighted by Crippen LogP contribution is -2.34. The van der Waals surface area contributed by atoms with Gasteiger partial charge in [-0.05, 0) is 29.8 Å². The number of carbonyl (C=O) groups is 1. The molecule has 0 aliphatic carbocycles. The van der Waals surface area contributed by atoms with Crippen molar-refractivity contribution in [3.8, 4) is 0 Å². The van der Waals surface area contributed by atoms with Crippen LogP contribution in [0.25, 0.3) is 0 Å². The maximum absolute atomic E-state index is 12.4. The number of hydrogen-bond donors (Lipinski definition) is 1. The molecule has 0 aliphatic rings. The second-order valence-corrected chi connectivity index (χ2v) is 7.49. The van der Waals surface area contributed by atoms with Crippen molar-refractivity contribution in [1.29, 1.82) is 0 Å². The van der Waals surface area contributed by atoms with Crippen LogP contribution in [0, 0.1) is 0 Å². The zero-order valence-electron chi connectivity index (χ0n) is 12.4. The third-order valence-electron chi connectivity index (χ3n) is 2.96. The fraction of sp³-hybridized carbons (Fsp3) is 0.188. The molecule has 23 heavy (non-hydrogen) atoms. The highest BCUT2D eigenvalue weighted by Gasteiger charge is 2.24. The van der Waals surface area contributed by atoms with E-state index in [1.165, 1.54) is 0 Å². The van der Waals surface area contributed by atoms with E-state index >= 15 is 0 Å². The molecule has 1 unspecified atom stereocenters. The number of anilines is 1. The van der Waals surface area contributed by atoms with Crippen LogP contribution in [0.15, 0.2) is 59.1 Å². The quantitative estimate of drug-likeness (QED) is 0.760. The third kappa shape index (κ3) is 6.13. The van der Waals surface area contributed by atoms with Crippen LogP contribution in [0.2, 0.25) is 0 Å². The third-order valence-corrected chi connectivity index (χ3v) is 4.07. The topological polar surface area (TPSA) is 72.5 Å². The van der Waals surface area contributed by atoms with Gasteiger partial charge < -0.3 is 5.32 Å². The van der Waals surface area contributed by atoms with Crippen molar-refractivity contribution in [3.05, 3.63) is 64.6 Å². The number of amides is 1. The van der Waals surface area contributed by atoms with Gasteiger partial charge in [-0.2, -0.15) is 8.42 Å². The van der Waals surface area contributed by atoms with E-state index in [-0.39, 0.29) is 6.42 Å². The largest absolute Gasteiger partial charge is 0.324 e. The fourth-order valence-electron chi connectivity index (χ4n) is 1.97. The van der Waals surface area contributed by atoms with Crippen molar-refractivity contribution in [2.45, 2.75) is 12.5 Å². The molecule has 2 aromatic carbocycles. The molecule has 1 amide bonds. The zero-order valence-corrected chi connectivity index (χ0v) is 14.8. The predicted octanol–water partition coefficient (Wildman–Crippen LogP) is 2.98. The maximum Gasteiger partial charge on any atom is 0.265 e. The first-order valence-corrected chi connectivity index (χ1v) is 9.43. The molecule has 0 radical (unpaired) electrons. The van der Waals surface area contributed by atoms with Crippen molar-refractivity contribution < 1.29 is 17.4 Å². The first-order valence-electron chi connectivity index (χ1n) is 6.82. The van der Waals surface area contributed by atoms with E-state index in [1.54, 1.807) is 24.3 Å². The molecule has 1 N–H and O–H groups in total. The monoisotopic (exact) mass is 397 g/mol. The van der Waals surface area contributed by atoms with E-state index in [0.717, 1.165) is 16.3 Å². The summed E-state index contributed by atoms with van der Waals surface area (Å²) in [7, 11) is -3.76. The van der Waals surface area contributed by atoms with Gasteiger partial charge >= 0.3 is 0 Å². The van der Waals surface area contributed by atoms with Crippen LogP contribution in [-0.4, -0.2) is 26.7 Å². The van der Waals surface area contributed by atoms with Gasteiger partial charge in [-0.25, -0.2) is 0 Å². The summed E-state index contributed by atoms with van der Waals surface area (Å²) in [6.07, 6.45) is -0.0372. The van der Waals surface area contributed by atoms with Crippen LogP contribution >= 0.6 is 15.9 Å². The summed E-state index contributed by atoms with van der Waals surface area (Å²) in [5.74, 6) is -0.512. The molecule has 0 bridgehead atoms. The van der Waals surface area contributed by atoms with Crippen LogP contribution in [0.4, 0.5) is 5.69 Å². The number of carbonyl (C=O) groups excluding carboxylic acids is 1. The molecule has 2 aromatic rings. The molecule has 0 spiro atoms. The Kier molecular flexibility index (Phi) is 5.92. The predicted molar refractivity (Wildman–Crippen MR) is 92.6 cm³/mol. The summed E-state index contributed by atoms with van der Waals surface area (Å²) in [5, 5.41) is 2.66. The van der Waals surface area contributed by atoms with Gasteiger partial charge in [0.2, 0.25) is 0 Å². The second-order valence-electron chi connectivity index (χ2n) is 4.97. The summed E-state index contributed by atoms with van der Waals surface area (Å²) in [6.45, 7) is 0. The standard InChI is InChI=1S/C16H16BrNO4S/c1-23(20,21)22-15(11-12-5-3-2-4-6-12)16(19)18-14-9-7-13(17)8-10-14/h2-10,15H,11H2,1H3,(H,18,19). The highest BCUT2D eigenvalue weighted by atomic mass is 79.9. The van der Waals surface area contributed by atoms with E-state index in [4.69, 9.17) is 4.18 Å². The van der Waals surface area contributed by atoms with Gasteiger partial charge in [0.05, 0.1) is 6.26 Å². The molecule has 0 saturated heterocycles. The summed E-state index contributed by atoms with van der Waals surface area (Å²) in [4.78, 5) is 12.4. The fourth-order valence-corrected chi connectivity index (χ4v) is 2.81. The van der Waals surface area contributed by atoms with E-state index in [2.05, 4.69) is 21.2 Å². The van der Waals surface area contributed by atoms with Crippen molar-refractivity contribution in [2.75, 3.05) is 11.6 Å². The summed E-state index contributed by atoms with van der Waals surface area (Å²) < 4.78 is 28.7. The Labute approximate surface area is 143 Å². The molecule has 122 valence electrons. The minimum atomic E-state index is -3.76. The molecule has 0 fully saturated rings.